The van der Waals surface area contributed by atoms with Gasteiger partial charge in [-0.25, -0.2) is 4.79 Å². The molecule has 3 aromatic rings. The number of rotatable bonds is 5. The fourth-order valence-corrected chi connectivity index (χ4v) is 2.36. The molecule has 0 atom stereocenters. The number of hydrogen-bond acceptors (Lipinski definition) is 6. The molecule has 0 saturated carbocycles. The maximum Gasteiger partial charge on any atom is 0.342 e. The van der Waals surface area contributed by atoms with Gasteiger partial charge in [-0.1, -0.05) is 29.4 Å². The third kappa shape index (κ3) is 3.77. The van der Waals surface area contributed by atoms with Gasteiger partial charge >= 0.3 is 5.97 Å². The van der Waals surface area contributed by atoms with E-state index in [1.165, 1.54) is 7.11 Å². The molecule has 0 aliphatic carbocycles. The van der Waals surface area contributed by atoms with Crippen molar-refractivity contribution in [3.8, 4) is 5.75 Å². The standard InChI is InChI=1S/C18H16N2O5/c1-11-7-16(20-25-11)19-17(21)10-24-18(22)14-8-12-5-3-4-6-13(12)9-15(14)23-2/h3-9H,10H2,1-2H3,(H,19,20,21). The molecular weight excluding hydrogens is 324 g/mol. The molecule has 0 radical (unpaired) electrons. The highest BCUT2D eigenvalue weighted by Crippen LogP contribution is 2.26. The first kappa shape index (κ1) is 16.5. The monoisotopic (exact) mass is 340 g/mol. The average molecular weight is 340 g/mol. The Kier molecular flexibility index (Phi) is 4.65. The van der Waals surface area contributed by atoms with Crippen LogP contribution in [0.5, 0.6) is 5.75 Å². The molecule has 1 N–H and O–H groups in total. The van der Waals surface area contributed by atoms with Crippen LogP contribution in [0.15, 0.2) is 47.0 Å². The molecule has 0 aliphatic heterocycles. The van der Waals surface area contributed by atoms with Crippen LogP contribution in [0.1, 0.15) is 16.1 Å². The summed E-state index contributed by atoms with van der Waals surface area (Å²) >= 11 is 0. The quantitative estimate of drug-likeness (QED) is 0.718. The zero-order valence-electron chi connectivity index (χ0n) is 13.7. The van der Waals surface area contributed by atoms with Gasteiger partial charge in [0.05, 0.1) is 7.11 Å². The van der Waals surface area contributed by atoms with Crippen molar-refractivity contribution in [2.24, 2.45) is 0 Å². The van der Waals surface area contributed by atoms with Crippen LogP contribution in [-0.4, -0.2) is 30.7 Å². The number of fused-ring (bicyclic) bond motifs is 1. The lowest BCUT2D eigenvalue weighted by Gasteiger charge is -2.10. The molecule has 7 heteroatoms. The number of hydrogen-bond donors (Lipinski definition) is 1. The molecule has 25 heavy (non-hydrogen) atoms. The van der Waals surface area contributed by atoms with E-state index >= 15 is 0 Å². The van der Waals surface area contributed by atoms with Gasteiger partial charge in [0.25, 0.3) is 5.91 Å². The molecule has 1 aromatic heterocycles. The second kappa shape index (κ2) is 7.04. The minimum Gasteiger partial charge on any atom is -0.496 e. The van der Waals surface area contributed by atoms with Gasteiger partial charge in [-0.3, -0.25) is 4.79 Å². The number of benzene rings is 2. The van der Waals surface area contributed by atoms with Crippen LogP contribution in [0.25, 0.3) is 10.8 Å². The average Bonchev–Trinajstić information content (AvgIpc) is 3.03. The Morgan fingerprint density at radius 2 is 1.88 bits per heavy atom. The van der Waals surface area contributed by atoms with Crippen molar-refractivity contribution >= 4 is 28.5 Å². The first-order valence-electron chi connectivity index (χ1n) is 7.54. The molecule has 0 bridgehead atoms. The van der Waals surface area contributed by atoms with Crippen LogP contribution < -0.4 is 10.1 Å². The number of nitrogens with zero attached hydrogens (tertiary/aromatic N) is 1. The van der Waals surface area contributed by atoms with Crippen LogP contribution in [-0.2, 0) is 9.53 Å². The van der Waals surface area contributed by atoms with Gasteiger partial charge in [0.1, 0.15) is 17.1 Å². The van der Waals surface area contributed by atoms with E-state index in [4.69, 9.17) is 14.0 Å². The van der Waals surface area contributed by atoms with Crippen LogP contribution in [0.4, 0.5) is 5.82 Å². The smallest absolute Gasteiger partial charge is 0.342 e. The number of aromatic nitrogens is 1. The van der Waals surface area contributed by atoms with Gasteiger partial charge in [0.2, 0.25) is 0 Å². The molecule has 0 aliphatic rings. The summed E-state index contributed by atoms with van der Waals surface area (Å²) < 4.78 is 15.2. The predicted octanol–water partition coefficient (Wildman–Crippen LogP) is 2.94. The van der Waals surface area contributed by atoms with E-state index in [0.717, 1.165) is 10.8 Å². The molecule has 3 rings (SSSR count). The number of carbonyl (C=O) groups is 2. The van der Waals surface area contributed by atoms with Gasteiger partial charge in [-0.15, -0.1) is 0 Å². The molecule has 1 heterocycles. The second-order valence-corrected chi connectivity index (χ2v) is 5.35. The maximum absolute atomic E-state index is 12.3. The Balaban J connectivity index is 1.70. The van der Waals surface area contributed by atoms with E-state index in [1.54, 1.807) is 25.1 Å². The molecular formula is C18H16N2O5. The Morgan fingerprint density at radius 1 is 1.16 bits per heavy atom. The van der Waals surface area contributed by atoms with Gasteiger partial charge in [0.15, 0.2) is 12.4 Å². The van der Waals surface area contributed by atoms with Crippen molar-refractivity contribution in [3.05, 3.63) is 53.8 Å². The number of anilines is 1. The van der Waals surface area contributed by atoms with E-state index in [2.05, 4.69) is 10.5 Å². The second-order valence-electron chi connectivity index (χ2n) is 5.35. The Morgan fingerprint density at radius 3 is 2.52 bits per heavy atom. The highest BCUT2D eigenvalue weighted by molar-refractivity contribution is 6.00. The number of amides is 1. The first-order valence-corrected chi connectivity index (χ1v) is 7.54. The number of methoxy groups -OCH3 is 1. The largest absolute Gasteiger partial charge is 0.496 e. The number of nitrogens with one attached hydrogen (secondary N) is 1. The summed E-state index contributed by atoms with van der Waals surface area (Å²) in [5.74, 6) is 0.0572. The third-order valence-electron chi connectivity index (χ3n) is 3.52. The van der Waals surface area contributed by atoms with Gasteiger partial charge < -0.3 is 19.3 Å². The van der Waals surface area contributed by atoms with E-state index in [-0.39, 0.29) is 11.4 Å². The van der Waals surface area contributed by atoms with Crippen LogP contribution >= 0.6 is 0 Å². The Hall–Kier alpha value is -3.35. The van der Waals surface area contributed by atoms with Crippen molar-refractivity contribution in [1.29, 1.82) is 0 Å². The summed E-state index contributed by atoms with van der Waals surface area (Å²) in [6, 6.07) is 12.6. The summed E-state index contributed by atoms with van der Waals surface area (Å²) in [6.07, 6.45) is 0. The lowest BCUT2D eigenvalue weighted by Crippen LogP contribution is -2.21. The summed E-state index contributed by atoms with van der Waals surface area (Å²) in [5, 5.41) is 7.92. The van der Waals surface area contributed by atoms with Crippen LogP contribution in [0.3, 0.4) is 0 Å². The zero-order chi connectivity index (χ0) is 17.8. The molecule has 0 spiro atoms. The van der Waals surface area contributed by atoms with Crippen molar-refractivity contribution in [1.82, 2.24) is 5.16 Å². The summed E-state index contributed by atoms with van der Waals surface area (Å²) in [4.78, 5) is 24.1. The van der Waals surface area contributed by atoms with Crippen molar-refractivity contribution in [2.75, 3.05) is 19.0 Å². The molecule has 2 aromatic carbocycles. The lowest BCUT2D eigenvalue weighted by molar-refractivity contribution is -0.119. The summed E-state index contributed by atoms with van der Waals surface area (Å²) in [6.45, 7) is 1.26. The molecule has 0 fully saturated rings. The Bertz CT molecular complexity index is 932. The van der Waals surface area contributed by atoms with E-state index in [9.17, 15) is 9.59 Å². The molecule has 128 valence electrons. The number of carbonyl (C=O) groups excluding carboxylic acids is 2. The predicted molar refractivity (Wildman–Crippen MR) is 90.7 cm³/mol. The first-order chi connectivity index (χ1) is 12.1. The summed E-state index contributed by atoms with van der Waals surface area (Å²) in [5.41, 5.74) is 0.256. The lowest BCUT2D eigenvalue weighted by atomic mass is 10.1. The van der Waals surface area contributed by atoms with E-state index in [0.29, 0.717) is 11.5 Å². The molecule has 0 saturated heterocycles. The third-order valence-corrected chi connectivity index (χ3v) is 3.52. The van der Waals surface area contributed by atoms with Crippen molar-refractivity contribution < 1.29 is 23.6 Å². The molecule has 7 nitrogen and oxygen atoms in total. The normalized spacial score (nSPS) is 10.5. The Labute approximate surface area is 143 Å². The molecule has 0 unspecified atom stereocenters. The minimum absolute atomic E-state index is 0.256. The highest BCUT2D eigenvalue weighted by Gasteiger charge is 2.17. The molecule has 1 amide bonds. The van der Waals surface area contributed by atoms with E-state index < -0.39 is 18.5 Å². The van der Waals surface area contributed by atoms with Gasteiger partial charge in [-0.05, 0) is 29.8 Å². The van der Waals surface area contributed by atoms with E-state index in [1.807, 2.05) is 24.3 Å². The number of aryl methyl sites for hydroxylation is 1. The maximum atomic E-state index is 12.3. The topological polar surface area (TPSA) is 90.7 Å². The summed E-state index contributed by atoms with van der Waals surface area (Å²) in [7, 11) is 1.47. The zero-order valence-corrected chi connectivity index (χ0v) is 13.7. The SMILES string of the molecule is COc1cc2ccccc2cc1C(=O)OCC(=O)Nc1cc(C)on1. The number of ether oxygens (including phenoxy) is 2. The van der Waals surface area contributed by atoms with Crippen molar-refractivity contribution in [2.45, 2.75) is 6.92 Å². The fourth-order valence-electron chi connectivity index (χ4n) is 2.36. The van der Waals surface area contributed by atoms with Crippen LogP contribution in [0, 0.1) is 6.92 Å². The van der Waals surface area contributed by atoms with Crippen LogP contribution in [0.2, 0.25) is 0 Å². The minimum atomic E-state index is -0.644. The number of esters is 1. The highest BCUT2D eigenvalue weighted by atomic mass is 16.5. The van der Waals surface area contributed by atoms with Gasteiger partial charge in [0, 0.05) is 6.07 Å². The van der Waals surface area contributed by atoms with Crippen molar-refractivity contribution in [3.63, 3.8) is 0 Å². The fraction of sp³-hybridized carbons (Fsp3) is 0.167. The van der Waals surface area contributed by atoms with Gasteiger partial charge in [-0.2, -0.15) is 0 Å².